The summed E-state index contributed by atoms with van der Waals surface area (Å²) in [5.74, 6) is -0.862. The Morgan fingerprint density at radius 3 is 2.62 bits per heavy atom. The lowest BCUT2D eigenvalue weighted by atomic mass is 10.1. The maximum atomic E-state index is 11.7. The molecule has 0 saturated carbocycles. The number of hydrogen-bond acceptors (Lipinski definition) is 4. The Balaban J connectivity index is 2.29. The molecule has 0 radical (unpaired) electrons. The third-order valence-corrected chi connectivity index (χ3v) is 2.14. The molecular weight excluding hydrogens is 214 g/mol. The topological polar surface area (TPSA) is 92.5 Å². The van der Waals surface area contributed by atoms with Gasteiger partial charge < -0.3 is 0 Å². The van der Waals surface area contributed by atoms with E-state index in [1.807, 2.05) is 0 Å². The van der Waals surface area contributed by atoms with Crippen LogP contribution in [0.1, 0.15) is 10.4 Å². The smallest absolute Gasteiger partial charge is 0.271 e. The molecule has 7 heteroatoms. The summed E-state index contributed by atoms with van der Waals surface area (Å²) in [7, 11) is 0. The van der Waals surface area contributed by atoms with Crippen molar-refractivity contribution < 1.29 is 14.5 Å². The van der Waals surface area contributed by atoms with Crippen LogP contribution in [0.5, 0.6) is 0 Å². The van der Waals surface area contributed by atoms with E-state index in [-0.39, 0.29) is 23.7 Å². The predicted molar refractivity (Wildman–Crippen MR) is 52.3 cm³/mol. The molecule has 0 atom stereocenters. The van der Waals surface area contributed by atoms with Crippen molar-refractivity contribution in [1.82, 2.24) is 10.4 Å². The fourth-order valence-corrected chi connectivity index (χ4v) is 1.36. The van der Waals surface area contributed by atoms with Crippen LogP contribution >= 0.6 is 0 Å². The van der Waals surface area contributed by atoms with E-state index in [4.69, 9.17) is 0 Å². The second-order valence-electron chi connectivity index (χ2n) is 3.20. The Labute approximate surface area is 89.8 Å². The molecule has 16 heavy (non-hydrogen) atoms. The first-order valence-electron chi connectivity index (χ1n) is 4.44. The lowest BCUT2D eigenvalue weighted by molar-refractivity contribution is -0.385. The molecule has 1 N–H and O–H groups in total. The first kappa shape index (κ1) is 10.1. The molecule has 0 aromatic heterocycles. The molecule has 1 heterocycles. The van der Waals surface area contributed by atoms with Crippen molar-refractivity contribution in [2.24, 2.45) is 0 Å². The van der Waals surface area contributed by atoms with Gasteiger partial charge in [0.1, 0.15) is 12.1 Å². The van der Waals surface area contributed by atoms with E-state index in [0.29, 0.717) is 0 Å². The highest BCUT2D eigenvalue weighted by Gasteiger charge is 2.32. The van der Waals surface area contributed by atoms with Crippen LogP contribution in [0.2, 0.25) is 0 Å². The molecule has 1 aliphatic rings. The molecule has 1 fully saturated rings. The standard InChI is InChI=1S/C9H7N3O4/c13-8-5-11(10-8)9(14)6-3-1-2-4-7(6)12(15)16/h1-4H,5H2,(H,10,13). The quantitative estimate of drug-likeness (QED) is 0.565. The van der Waals surface area contributed by atoms with Gasteiger partial charge in [-0.05, 0) is 6.07 Å². The number of benzene rings is 1. The first-order chi connectivity index (χ1) is 7.59. The number of nitro groups is 1. The van der Waals surface area contributed by atoms with Crippen molar-refractivity contribution in [1.29, 1.82) is 0 Å². The van der Waals surface area contributed by atoms with E-state index >= 15 is 0 Å². The number of nitrogens with one attached hydrogen (secondary N) is 1. The van der Waals surface area contributed by atoms with Crippen LogP contribution in [0.3, 0.4) is 0 Å². The zero-order chi connectivity index (χ0) is 11.7. The van der Waals surface area contributed by atoms with Crippen LogP contribution < -0.4 is 5.43 Å². The third kappa shape index (κ3) is 1.58. The summed E-state index contributed by atoms with van der Waals surface area (Å²) in [6.07, 6.45) is 0. The van der Waals surface area contributed by atoms with Crippen molar-refractivity contribution in [2.45, 2.75) is 0 Å². The van der Waals surface area contributed by atoms with Gasteiger partial charge in [-0.1, -0.05) is 12.1 Å². The van der Waals surface area contributed by atoms with Gasteiger partial charge in [0.05, 0.1) is 4.92 Å². The number of carbonyl (C=O) groups excluding carboxylic acids is 2. The normalized spacial score (nSPS) is 14.0. The molecule has 1 saturated heterocycles. The molecule has 0 unspecified atom stereocenters. The van der Waals surface area contributed by atoms with Crippen LogP contribution in [0, 0.1) is 10.1 Å². The monoisotopic (exact) mass is 221 g/mol. The summed E-state index contributed by atoms with van der Waals surface area (Å²) in [4.78, 5) is 32.4. The molecule has 1 aromatic rings. The fourth-order valence-electron chi connectivity index (χ4n) is 1.36. The molecular formula is C9H7N3O4. The minimum absolute atomic E-state index is 0.0347. The van der Waals surface area contributed by atoms with Crippen LogP contribution in [0.15, 0.2) is 24.3 Å². The average molecular weight is 221 g/mol. The maximum Gasteiger partial charge on any atom is 0.282 e. The van der Waals surface area contributed by atoms with E-state index in [9.17, 15) is 19.7 Å². The molecule has 1 aromatic carbocycles. The molecule has 2 rings (SSSR count). The van der Waals surface area contributed by atoms with Gasteiger partial charge >= 0.3 is 0 Å². The van der Waals surface area contributed by atoms with E-state index in [1.165, 1.54) is 24.3 Å². The summed E-state index contributed by atoms with van der Waals surface area (Å²) in [6.45, 7) is -0.0646. The predicted octanol–water partition coefficient (Wildman–Crippen LogP) is 0.0818. The highest BCUT2D eigenvalue weighted by molar-refractivity contribution is 6.03. The summed E-state index contributed by atoms with van der Waals surface area (Å²) in [5.41, 5.74) is 1.92. The highest BCUT2D eigenvalue weighted by Crippen LogP contribution is 2.19. The molecule has 1 aliphatic heterocycles. The second-order valence-corrected chi connectivity index (χ2v) is 3.20. The fraction of sp³-hybridized carbons (Fsp3) is 0.111. The zero-order valence-electron chi connectivity index (χ0n) is 8.04. The number of hydrazine groups is 1. The number of rotatable bonds is 2. The zero-order valence-corrected chi connectivity index (χ0v) is 8.04. The molecule has 82 valence electrons. The number of hydrogen-bond donors (Lipinski definition) is 1. The van der Waals surface area contributed by atoms with Crippen LogP contribution in [0.4, 0.5) is 5.69 Å². The van der Waals surface area contributed by atoms with Gasteiger partial charge in [-0.3, -0.25) is 25.1 Å². The number of para-hydroxylation sites is 1. The van der Waals surface area contributed by atoms with E-state index in [1.54, 1.807) is 0 Å². The first-order valence-corrected chi connectivity index (χ1v) is 4.44. The van der Waals surface area contributed by atoms with Gasteiger partial charge in [-0.2, -0.15) is 0 Å². The van der Waals surface area contributed by atoms with Crippen molar-refractivity contribution in [2.75, 3.05) is 6.54 Å². The average Bonchev–Trinajstić information content (AvgIpc) is 2.24. The van der Waals surface area contributed by atoms with Gasteiger partial charge in [-0.25, -0.2) is 5.01 Å². The third-order valence-electron chi connectivity index (χ3n) is 2.14. The Hall–Kier alpha value is -2.44. The largest absolute Gasteiger partial charge is 0.282 e. The van der Waals surface area contributed by atoms with Gasteiger partial charge in [-0.15, -0.1) is 0 Å². The number of nitro benzene ring substituents is 1. The van der Waals surface area contributed by atoms with Crippen LogP contribution in [-0.4, -0.2) is 28.3 Å². The summed E-state index contributed by atoms with van der Waals surface area (Å²) < 4.78 is 0. The van der Waals surface area contributed by atoms with E-state index in [2.05, 4.69) is 5.43 Å². The van der Waals surface area contributed by atoms with Crippen molar-refractivity contribution >= 4 is 17.5 Å². The minimum atomic E-state index is -0.630. The van der Waals surface area contributed by atoms with Crippen LogP contribution in [-0.2, 0) is 4.79 Å². The number of amides is 2. The number of carbonyl (C=O) groups is 2. The Morgan fingerprint density at radius 1 is 1.44 bits per heavy atom. The molecule has 0 bridgehead atoms. The molecule has 7 nitrogen and oxygen atoms in total. The maximum absolute atomic E-state index is 11.7. The summed E-state index contributed by atoms with van der Waals surface area (Å²) >= 11 is 0. The van der Waals surface area contributed by atoms with Crippen molar-refractivity contribution in [3.63, 3.8) is 0 Å². The lowest BCUT2D eigenvalue weighted by Gasteiger charge is -2.30. The van der Waals surface area contributed by atoms with Crippen molar-refractivity contribution in [3.05, 3.63) is 39.9 Å². The molecule has 0 spiro atoms. The summed E-state index contributed by atoms with van der Waals surface area (Å²) in [5, 5.41) is 11.7. The highest BCUT2D eigenvalue weighted by atomic mass is 16.6. The number of nitrogens with zero attached hydrogens (tertiary/aromatic N) is 2. The van der Waals surface area contributed by atoms with E-state index in [0.717, 1.165) is 5.01 Å². The van der Waals surface area contributed by atoms with Gasteiger partial charge in [0.15, 0.2) is 0 Å². The SMILES string of the molecule is O=C1CN(C(=O)c2ccccc2[N+](=O)[O-])N1. The summed E-state index contributed by atoms with van der Waals surface area (Å²) in [6, 6.07) is 5.60. The Bertz CT molecular complexity index is 477. The Morgan fingerprint density at radius 2 is 2.06 bits per heavy atom. The lowest BCUT2D eigenvalue weighted by Crippen LogP contribution is -2.61. The molecule has 2 amide bonds. The minimum Gasteiger partial charge on any atom is -0.271 e. The van der Waals surface area contributed by atoms with Gasteiger partial charge in [0.2, 0.25) is 0 Å². The van der Waals surface area contributed by atoms with Crippen LogP contribution in [0.25, 0.3) is 0 Å². The van der Waals surface area contributed by atoms with E-state index < -0.39 is 10.8 Å². The second kappa shape index (κ2) is 3.61. The Kier molecular flexibility index (Phi) is 2.28. The van der Waals surface area contributed by atoms with Gasteiger partial charge in [0, 0.05) is 6.07 Å². The molecule has 0 aliphatic carbocycles. The van der Waals surface area contributed by atoms with Gasteiger partial charge in [0.25, 0.3) is 17.5 Å². The van der Waals surface area contributed by atoms with Crippen molar-refractivity contribution in [3.8, 4) is 0 Å².